The number of nitro benzene ring substituents is 1. The molecule has 1 aliphatic heterocycles. The molecule has 2 aromatic carbocycles. The molecule has 1 saturated heterocycles. The minimum absolute atomic E-state index is 0.337. The van der Waals surface area contributed by atoms with Crippen molar-refractivity contribution in [3.8, 4) is 11.5 Å². The van der Waals surface area contributed by atoms with Crippen LogP contribution in [0.3, 0.4) is 0 Å². The number of carbonyl (C=O) groups is 2. The molecule has 1 aliphatic rings. The molecular formula is C22H23F2N3O7. The fraction of sp³-hybridized carbons (Fsp3) is 0.364. The predicted molar refractivity (Wildman–Crippen MR) is 118 cm³/mol. The Hall–Kier alpha value is -3.96. The van der Waals surface area contributed by atoms with E-state index in [1.165, 1.54) is 0 Å². The van der Waals surface area contributed by atoms with Crippen LogP contribution in [0.4, 0.5) is 25.8 Å². The van der Waals surface area contributed by atoms with Gasteiger partial charge in [0, 0.05) is 30.5 Å². The summed E-state index contributed by atoms with van der Waals surface area (Å²) in [5, 5.41) is 14.0. The van der Waals surface area contributed by atoms with Crippen molar-refractivity contribution < 1.29 is 37.5 Å². The SMILES string of the molecule is COc1cc(C(=O)OCC(=O)Nc2ccc(N3CCCC3)cc2C)c([N+](=O)[O-])cc1OC(F)F. The van der Waals surface area contributed by atoms with E-state index in [9.17, 15) is 28.5 Å². The topological polar surface area (TPSA) is 120 Å². The summed E-state index contributed by atoms with van der Waals surface area (Å²) in [4.78, 5) is 37.4. The number of nitro groups is 1. The van der Waals surface area contributed by atoms with Gasteiger partial charge in [0.25, 0.3) is 11.6 Å². The van der Waals surface area contributed by atoms with Crippen molar-refractivity contribution in [2.45, 2.75) is 26.4 Å². The number of methoxy groups -OCH3 is 1. The summed E-state index contributed by atoms with van der Waals surface area (Å²) >= 11 is 0. The third-order valence-corrected chi connectivity index (χ3v) is 5.20. The van der Waals surface area contributed by atoms with E-state index in [0.717, 1.165) is 50.4 Å². The van der Waals surface area contributed by atoms with Gasteiger partial charge in [-0.15, -0.1) is 0 Å². The Balaban J connectivity index is 1.68. The van der Waals surface area contributed by atoms with Crippen LogP contribution in [0.15, 0.2) is 30.3 Å². The molecule has 0 radical (unpaired) electrons. The van der Waals surface area contributed by atoms with Gasteiger partial charge in [-0.05, 0) is 43.5 Å². The lowest BCUT2D eigenvalue weighted by Gasteiger charge is -2.19. The second kappa shape index (κ2) is 10.8. The maximum atomic E-state index is 12.6. The van der Waals surface area contributed by atoms with E-state index in [1.54, 1.807) is 6.07 Å². The van der Waals surface area contributed by atoms with E-state index < -0.39 is 47.0 Å². The zero-order chi connectivity index (χ0) is 24.8. The summed E-state index contributed by atoms with van der Waals surface area (Å²) < 4.78 is 39.1. The maximum Gasteiger partial charge on any atom is 0.387 e. The highest BCUT2D eigenvalue weighted by Crippen LogP contribution is 2.36. The van der Waals surface area contributed by atoms with Crippen molar-refractivity contribution in [2.75, 3.05) is 37.0 Å². The maximum absolute atomic E-state index is 12.6. The number of rotatable bonds is 9. The van der Waals surface area contributed by atoms with Gasteiger partial charge in [-0.3, -0.25) is 14.9 Å². The second-order valence-electron chi connectivity index (χ2n) is 7.47. The first kappa shape index (κ1) is 24.7. The van der Waals surface area contributed by atoms with E-state index in [2.05, 4.69) is 15.0 Å². The molecule has 1 N–H and O–H groups in total. The van der Waals surface area contributed by atoms with Crippen molar-refractivity contribution >= 4 is 28.9 Å². The molecule has 1 fully saturated rings. The molecule has 0 saturated carbocycles. The highest BCUT2D eigenvalue weighted by Gasteiger charge is 2.27. The van der Waals surface area contributed by atoms with E-state index in [4.69, 9.17) is 9.47 Å². The average Bonchev–Trinajstić information content (AvgIpc) is 3.33. The Morgan fingerprint density at radius 1 is 1.18 bits per heavy atom. The number of anilines is 2. The predicted octanol–water partition coefficient (Wildman–Crippen LogP) is 3.91. The molecule has 182 valence electrons. The van der Waals surface area contributed by atoms with Crippen LogP contribution in [0, 0.1) is 17.0 Å². The lowest BCUT2D eigenvalue weighted by atomic mass is 10.1. The number of halogens is 2. The first-order valence-corrected chi connectivity index (χ1v) is 10.3. The molecule has 12 heteroatoms. The van der Waals surface area contributed by atoms with Gasteiger partial charge >= 0.3 is 12.6 Å². The number of nitrogens with zero attached hydrogens (tertiary/aromatic N) is 2. The summed E-state index contributed by atoms with van der Waals surface area (Å²) in [6, 6.07) is 7.06. The van der Waals surface area contributed by atoms with Gasteiger partial charge in [0.15, 0.2) is 18.1 Å². The van der Waals surface area contributed by atoms with Crippen molar-refractivity contribution in [3.05, 3.63) is 51.6 Å². The Morgan fingerprint density at radius 2 is 1.88 bits per heavy atom. The van der Waals surface area contributed by atoms with Crippen LogP contribution in [-0.2, 0) is 9.53 Å². The van der Waals surface area contributed by atoms with Crippen LogP contribution >= 0.6 is 0 Å². The number of esters is 1. The van der Waals surface area contributed by atoms with Gasteiger partial charge in [-0.25, -0.2) is 4.79 Å². The Kier molecular flexibility index (Phi) is 7.82. The smallest absolute Gasteiger partial charge is 0.387 e. The van der Waals surface area contributed by atoms with E-state index >= 15 is 0 Å². The molecule has 0 atom stereocenters. The standard InChI is InChI=1S/C22H23F2N3O7/c1-13-9-14(26-7-3-4-8-26)5-6-16(13)25-20(28)12-33-21(29)15-10-18(32-2)19(34-22(23)24)11-17(15)27(30)31/h5-6,9-11,22H,3-4,7-8,12H2,1-2H3,(H,25,28). The second-order valence-corrected chi connectivity index (χ2v) is 7.47. The van der Waals surface area contributed by atoms with Crippen molar-refractivity contribution in [1.82, 2.24) is 0 Å². The van der Waals surface area contributed by atoms with Gasteiger partial charge in [-0.1, -0.05) is 0 Å². The zero-order valence-electron chi connectivity index (χ0n) is 18.5. The Bertz CT molecular complexity index is 1090. The number of amides is 1. The van der Waals surface area contributed by atoms with E-state index in [1.807, 2.05) is 19.1 Å². The minimum atomic E-state index is -3.26. The summed E-state index contributed by atoms with van der Waals surface area (Å²) in [5.41, 5.74) is 0.988. The van der Waals surface area contributed by atoms with Gasteiger partial charge in [-0.2, -0.15) is 8.78 Å². The van der Waals surface area contributed by atoms with E-state index in [-0.39, 0.29) is 5.75 Å². The first-order chi connectivity index (χ1) is 16.2. The largest absolute Gasteiger partial charge is 0.493 e. The van der Waals surface area contributed by atoms with Crippen LogP contribution in [0.25, 0.3) is 0 Å². The van der Waals surface area contributed by atoms with Gasteiger partial charge in [0.2, 0.25) is 0 Å². The van der Waals surface area contributed by atoms with E-state index in [0.29, 0.717) is 11.8 Å². The number of alkyl halides is 2. The van der Waals surface area contributed by atoms with Crippen LogP contribution in [-0.4, -0.2) is 50.2 Å². The summed E-state index contributed by atoms with van der Waals surface area (Å²) in [5.74, 6) is -2.81. The summed E-state index contributed by atoms with van der Waals surface area (Å²) in [6.07, 6.45) is 2.27. The minimum Gasteiger partial charge on any atom is -0.493 e. The average molecular weight is 479 g/mol. The third-order valence-electron chi connectivity index (χ3n) is 5.20. The highest BCUT2D eigenvalue weighted by atomic mass is 19.3. The summed E-state index contributed by atoms with van der Waals surface area (Å²) in [6.45, 7) is -0.191. The molecule has 0 bridgehead atoms. The number of benzene rings is 2. The number of carbonyl (C=O) groups excluding carboxylic acids is 2. The molecule has 0 aromatic heterocycles. The lowest BCUT2D eigenvalue weighted by Crippen LogP contribution is -2.22. The molecular weight excluding hydrogens is 456 g/mol. The molecule has 1 amide bonds. The Morgan fingerprint density at radius 3 is 2.47 bits per heavy atom. The Labute approximate surface area is 193 Å². The quantitative estimate of drug-likeness (QED) is 0.327. The molecule has 10 nitrogen and oxygen atoms in total. The van der Waals surface area contributed by atoms with Crippen LogP contribution in [0.1, 0.15) is 28.8 Å². The molecule has 3 rings (SSSR count). The van der Waals surface area contributed by atoms with Crippen molar-refractivity contribution in [3.63, 3.8) is 0 Å². The number of aryl methyl sites for hydroxylation is 1. The normalized spacial score (nSPS) is 13.0. The third kappa shape index (κ3) is 5.88. The monoisotopic (exact) mass is 479 g/mol. The molecule has 0 unspecified atom stereocenters. The summed E-state index contributed by atoms with van der Waals surface area (Å²) in [7, 11) is 1.11. The highest BCUT2D eigenvalue weighted by molar-refractivity contribution is 5.98. The molecule has 1 heterocycles. The van der Waals surface area contributed by atoms with Crippen molar-refractivity contribution in [1.29, 1.82) is 0 Å². The van der Waals surface area contributed by atoms with Crippen molar-refractivity contribution in [2.24, 2.45) is 0 Å². The number of hydrogen-bond acceptors (Lipinski definition) is 8. The zero-order valence-corrected chi connectivity index (χ0v) is 18.5. The lowest BCUT2D eigenvalue weighted by molar-refractivity contribution is -0.385. The molecule has 0 aliphatic carbocycles. The molecule has 0 spiro atoms. The molecule has 2 aromatic rings. The van der Waals surface area contributed by atoms with Crippen LogP contribution in [0.2, 0.25) is 0 Å². The first-order valence-electron chi connectivity index (χ1n) is 10.3. The van der Waals surface area contributed by atoms with Gasteiger partial charge < -0.3 is 24.4 Å². The molecule has 34 heavy (non-hydrogen) atoms. The van der Waals surface area contributed by atoms with Gasteiger partial charge in [0.05, 0.1) is 18.1 Å². The number of nitrogens with one attached hydrogen (secondary N) is 1. The van der Waals surface area contributed by atoms with Crippen LogP contribution < -0.4 is 19.7 Å². The van der Waals surface area contributed by atoms with Gasteiger partial charge in [0.1, 0.15) is 5.56 Å². The fourth-order valence-corrected chi connectivity index (χ4v) is 3.57. The fourth-order valence-electron chi connectivity index (χ4n) is 3.57. The number of hydrogen-bond donors (Lipinski definition) is 1. The van der Waals surface area contributed by atoms with Crippen LogP contribution in [0.5, 0.6) is 11.5 Å². The number of ether oxygens (including phenoxy) is 3.